The van der Waals surface area contributed by atoms with Crippen LogP contribution in [0.1, 0.15) is 68.6 Å². The quantitative estimate of drug-likeness (QED) is 0.230. The average molecular weight is 615 g/mol. The number of nitriles is 1. The second-order valence-corrected chi connectivity index (χ2v) is 13.7. The van der Waals surface area contributed by atoms with E-state index in [9.17, 15) is 13.2 Å². The number of carbonyl (C=O) groups excluding carboxylic acids is 1. The van der Waals surface area contributed by atoms with Crippen molar-refractivity contribution in [2.24, 2.45) is 10.8 Å². The molecule has 0 saturated heterocycles. The van der Waals surface area contributed by atoms with E-state index in [4.69, 9.17) is 25.8 Å². The Bertz CT molecular complexity index is 1560. The van der Waals surface area contributed by atoms with Crippen LogP contribution in [0.5, 0.6) is 5.75 Å². The van der Waals surface area contributed by atoms with Gasteiger partial charge in [-0.3, -0.25) is 8.98 Å². The first-order valence-electron chi connectivity index (χ1n) is 13.6. The molecular weight excluding hydrogens is 580 g/mol. The highest BCUT2D eigenvalue weighted by molar-refractivity contribution is 7.85. The first kappa shape index (κ1) is 31.4. The molecule has 0 bridgehead atoms. The van der Waals surface area contributed by atoms with E-state index in [-0.39, 0.29) is 35.5 Å². The lowest BCUT2D eigenvalue weighted by Gasteiger charge is -2.63. The van der Waals surface area contributed by atoms with E-state index in [1.807, 2.05) is 33.8 Å². The maximum atomic E-state index is 13.2. The second kappa shape index (κ2) is 12.4. The van der Waals surface area contributed by atoms with Crippen molar-refractivity contribution in [3.63, 3.8) is 0 Å². The molecule has 4 rings (SSSR count). The number of unbranched alkanes of at least 4 members (excludes halogenated alkanes) is 2. The van der Waals surface area contributed by atoms with Gasteiger partial charge in [-0.2, -0.15) is 13.7 Å². The van der Waals surface area contributed by atoms with E-state index >= 15 is 0 Å². The zero-order valence-electron chi connectivity index (χ0n) is 24.3. The van der Waals surface area contributed by atoms with Crippen LogP contribution in [0.25, 0.3) is 5.82 Å². The molecule has 1 aromatic carbocycles. The van der Waals surface area contributed by atoms with Gasteiger partial charge in [0, 0.05) is 29.1 Å². The van der Waals surface area contributed by atoms with Crippen LogP contribution in [-0.4, -0.2) is 59.3 Å². The van der Waals surface area contributed by atoms with Crippen molar-refractivity contribution in [3.05, 3.63) is 64.6 Å². The molecule has 1 fully saturated rings. The number of nitrogens with one attached hydrogen (secondary N) is 1. The fraction of sp³-hybridized carbons (Fsp3) is 0.483. The molecular formula is C29H35ClN6O5S. The van der Waals surface area contributed by atoms with E-state index in [1.165, 1.54) is 6.20 Å². The van der Waals surface area contributed by atoms with Gasteiger partial charge in [0.25, 0.3) is 16.0 Å². The molecule has 224 valence electrons. The van der Waals surface area contributed by atoms with Crippen molar-refractivity contribution >= 4 is 27.6 Å². The summed E-state index contributed by atoms with van der Waals surface area (Å²) in [5, 5.41) is 20.9. The minimum atomic E-state index is -3.40. The Morgan fingerprint density at radius 1 is 1.14 bits per heavy atom. The summed E-state index contributed by atoms with van der Waals surface area (Å²) in [7, 11) is -3.40. The third kappa shape index (κ3) is 7.09. The van der Waals surface area contributed by atoms with Crippen LogP contribution in [0.4, 0.5) is 0 Å². The largest absolute Gasteiger partial charge is 0.489 e. The van der Waals surface area contributed by atoms with Gasteiger partial charge in [0.1, 0.15) is 17.9 Å². The van der Waals surface area contributed by atoms with Crippen LogP contribution in [-0.2, 0) is 20.7 Å². The van der Waals surface area contributed by atoms with Crippen LogP contribution in [0.15, 0.2) is 42.7 Å². The summed E-state index contributed by atoms with van der Waals surface area (Å²) in [6, 6.07) is 10.3. The number of aromatic nitrogens is 4. The molecule has 3 aromatic rings. The standard InChI is InChI=1S/C29H35ClN6O5S/c1-28(2)26(29(3,4)27(28)41-22-12-10-19(16-31)23(30)15-22)33-25(37)20-11-13-24(32-17-20)36-18-21(34-35-36)9-7-6-8-14-40-42(5,38)39/h10-13,15,17-18,26-27H,6-9,14H2,1-5H3,(H,33,37). The van der Waals surface area contributed by atoms with E-state index in [0.717, 1.165) is 24.8 Å². The summed E-state index contributed by atoms with van der Waals surface area (Å²) in [6.45, 7) is 8.37. The first-order valence-corrected chi connectivity index (χ1v) is 15.8. The van der Waals surface area contributed by atoms with Gasteiger partial charge in [0.2, 0.25) is 0 Å². The van der Waals surface area contributed by atoms with Crippen molar-refractivity contribution in [2.75, 3.05) is 12.9 Å². The number of halogens is 1. The number of amides is 1. The molecule has 0 radical (unpaired) electrons. The van der Waals surface area contributed by atoms with E-state index in [0.29, 0.717) is 40.6 Å². The summed E-state index contributed by atoms with van der Waals surface area (Å²) in [5.74, 6) is 0.870. The summed E-state index contributed by atoms with van der Waals surface area (Å²) in [5.41, 5.74) is 0.828. The van der Waals surface area contributed by atoms with Gasteiger partial charge in [0.05, 0.1) is 40.9 Å². The molecule has 0 aliphatic heterocycles. The molecule has 11 nitrogen and oxygen atoms in total. The van der Waals surface area contributed by atoms with Crippen LogP contribution < -0.4 is 10.1 Å². The number of benzene rings is 1. The Balaban J connectivity index is 1.32. The van der Waals surface area contributed by atoms with Gasteiger partial charge in [-0.15, -0.1) is 5.10 Å². The van der Waals surface area contributed by atoms with Gasteiger partial charge in [-0.1, -0.05) is 50.9 Å². The lowest BCUT2D eigenvalue weighted by atomic mass is 9.49. The Morgan fingerprint density at radius 2 is 1.88 bits per heavy atom. The van der Waals surface area contributed by atoms with Crippen molar-refractivity contribution in [2.45, 2.75) is 65.5 Å². The molecule has 42 heavy (non-hydrogen) atoms. The third-order valence-electron chi connectivity index (χ3n) is 7.59. The van der Waals surface area contributed by atoms with Gasteiger partial charge in [-0.05, 0) is 43.5 Å². The van der Waals surface area contributed by atoms with E-state index in [1.54, 1.807) is 41.2 Å². The molecule has 1 N–H and O–H groups in total. The number of nitrogens with zero attached hydrogens (tertiary/aromatic N) is 5. The molecule has 0 atom stereocenters. The van der Waals surface area contributed by atoms with Crippen molar-refractivity contribution in [3.8, 4) is 17.6 Å². The molecule has 0 spiro atoms. The lowest BCUT2D eigenvalue weighted by Crippen LogP contribution is -2.74. The molecule has 1 amide bonds. The van der Waals surface area contributed by atoms with Gasteiger partial charge in [0.15, 0.2) is 5.82 Å². The average Bonchev–Trinajstić information content (AvgIpc) is 3.40. The summed E-state index contributed by atoms with van der Waals surface area (Å²) in [4.78, 5) is 17.6. The number of hydrogen-bond donors (Lipinski definition) is 1. The summed E-state index contributed by atoms with van der Waals surface area (Å²) in [6.07, 6.45) is 7.08. The number of hydrogen-bond acceptors (Lipinski definition) is 9. The first-order chi connectivity index (χ1) is 19.7. The highest BCUT2D eigenvalue weighted by Gasteiger charge is 2.64. The van der Waals surface area contributed by atoms with Crippen LogP contribution in [0.2, 0.25) is 5.02 Å². The highest BCUT2D eigenvalue weighted by atomic mass is 35.5. The Hall–Kier alpha value is -3.53. The Kier molecular flexibility index (Phi) is 9.25. The van der Waals surface area contributed by atoms with Gasteiger partial charge in [-0.25, -0.2) is 9.67 Å². The van der Waals surface area contributed by atoms with Gasteiger partial charge >= 0.3 is 0 Å². The summed E-state index contributed by atoms with van der Waals surface area (Å²) >= 11 is 6.19. The fourth-order valence-electron chi connectivity index (χ4n) is 5.79. The minimum absolute atomic E-state index is 0.174. The number of rotatable bonds is 12. The van der Waals surface area contributed by atoms with Crippen LogP contribution >= 0.6 is 11.6 Å². The van der Waals surface area contributed by atoms with Crippen molar-refractivity contribution < 1.29 is 22.1 Å². The molecule has 2 heterocycles. The highest BCUT2D eigenvalue weighted by Crippen LogP contribution is 2.55. The Morgan fingerprint density at radius 3 is 2.50 bits per heavy atom. The van der Waals surface area contributed by atoms with Crippen molar-refractivity contribution in [1.82, 2.24) is 25.3 Å². The smallest absolute Gasteiger partial charge is 0.264 e. The second-order valence-electron chi connectivity index (χ2n) is 11.7. The molecule has 13 heteroatoms. The molecule has 1 saturated carbocycles. The van der Waals surface area contributed by atoms with Crippen LogP contribution in [0, 0.1) is 22.2 Å². The van der Waals surface area contributed by atoms with Gasteiger partial charge < -0.3 is 10.1 Å². The fourth-order valence-corrected chi connectivity index (χ4v) is 6.42. The number of ether oxygens (including phenoxy) is 1. The zero-order valence-corrected chi connectivity index (χ0v) is 25.9. The third-order valence-corrected chi connectivity index (χ3v) is 8.50. The molecule has 1 aliphatic carbocycles. The maximum absolute atomic E-state index is 13.2. The monoisotopic (exact) mass is 614 g/mol. The Labute approximate surface area is 251 Å². The summed E-state index contributed by atoms with van der Waals surface area (Å²) < 4.78 is 34.6. The maximum Gasteiger partial charge on any atom is 0.264 e. The van der Waals surface area contributed by atoms with Crippen LogP contribution in [0.3, 0.4) is 0 Å². The SMILES string of the molecule is CC1(C)C(NC(=O)c2ccc(-n3cc(CCCCCOS(C)(=O)=O)nn3)nc2)C(C)(C)C1Oc1ccc(C#N)c(Cl)c1. The predicted molar refractivity (Wildman–Crippen MR) is 157 cm³/mol. The van der Waals surface area contributed by atoms with E-state index in [2.05, 4.69) is 20.6 Å². The molecule has 2 aromatic heterocycles. The molecule has 1 aliphatic rings. The number of aryl methyl sites for hydroxylation is 1. The van der Waals surface area contributed by atoms with Crippen molar-refractivity contribution in [1.29, 1.82) is 5.26 Å². The van der Waals surface area contributed by atoms with E-state index < -0.39 is 10.1 Å². The minimum Gasteiger partial charge on any atom is -0.489 e. The lowest BCUT2D eigenvalue weighted by molar-refractivity contribution is -0.164. The zero-order chi connectivity index (χ0) is 30.7. The number of pyridine rings is 1. The number of carbonyl (C=O) groups is 1. The predicted octanol–water partition coefficient (Wildman–Crippen LogP) is 4.49. The normalized spacial score (nSPS) is 19.0. The molecule has 0 unspecified atom stereocenters. The topological polar surface area (TPSA) is 149 Å².